The number of benzene rings is 8. The van der Waals surface area contributed by atoms with Gasteiger partial charge in [-0.05, 0) is 103 Å². The molecule has 238 valence electrons. The number of rotatable bonds is 5. The zero-order valence-corrected chi connectivity index (χ0v) is 27.6. The van der Waals surface area contributed by atoms with Crippen molar-refractivity contribution in [2.75, 3.05) is 0 Å². The Hall–Kier alpha value is -6.91. The molecule has 0 saturated carbocycles. The third-order valence-corrected chi connectivity index (χ3v) is 9.88. The molecule has 0 radical (unpaired) electrons. The summed E-state index contributed by atoms with van der Waals surface area (Å²) in [5.41, 5.74) is 13.0. The Morgan fingerprint density at radius 1 is 0.333 bits per heavy atom. The predicted octanol–water partition coefficient (Wildman–Crippen LogP) is 11.9. The van der Waals surface area contributed by atoms with Crippen molar-refractivity contribution >= 4 is 43.5 Å². The van der Waals surface area contributed by atoms with Crippen LogP contribution in [0.25, 0.3) is 93.7 Å². The highest BCUT2D eigenvalue weighted by Crippen LogP contribution is 2.44. The summed E-state index contributed by atoms with van der Waals surface area (Å²) >= 11 is 0. The van der Waals surface area contributed by atoms with Gasteiger partial charge in [0.25, 0.3) is 0 Å². The summed E-state index contributed by atoms with van der Waals surface area (Å²) in [6.45, 7) is 0. The Bertz CT molecular complexity index is 2850. The molecule has 0 aliphatic heterocycles. The highest BCUT2D eigenvalue weighted by molar-refractivity contribution is 6.21. The predicted molar refractivity (Wildman–Crippen MR) is 211 cm³/mol. The van der Waals surface area contributed by atoms with E-state index >= 15 is 0 Å². The Labute approximate surface area is 294 Å². The van der Waals surface area contributed by atoms with Crippen molar-refractivity contribution in [3.05, 3.63) is 182 Å². The number of hydrogen-bond acceptors (Lipinski definition) is 3. The van der Waals surface area contributed by atoms with Crippen LogP contribution in [0.2, 0.25) is 0 Å². The highest BCUT2D eigenvalue weighted by atomic mass is 15.5. The normalized spacial score (nSPS) is 11.5. The topological polar surface area (TPSA) is 43.6 Å². The molecular formula is C47H30N4. The zero-order valence-electron chi connectivity index (χ0n) is 27.6. The largest absolute Gasteiger partial charge is 0.256 e. The summed E-state index contributed by atoms with van der Waals surface area (Å²) in [5.74, 6) is 0. The fourth-order valence-electron chi connectivity index (χ4n) is 7.44. The zero-order chi connectivity index (χ0) is 33.7. The SMILES string of the molecule is c1ccc(-c2c3ccccc3c(-c3cccc(-c4ccc5nn(-c6ccc(-c7cnc8ccccc8c7)cc6)nc5c4)c3)c3ccccc23)cc1. The molecule has 0 aliphatic rings. The van der Waals surface area contributed by atoms with Gasteiger partial charge < -0.3 is 0 Å². The van der Waals surface area contributed by atoms with Gasteiger partial charge in [-0.25, -0.2) is 0 Å². The lowest BCUT2D eigenvalue weighted by molar-refractivity contribution is 0.766. The van der Waals surface area contributed by atoms with Crippen LogP contribution in [0.5, 0.6) is 0 Å². The minimum Gasteiger partial charge on any atom is -0.256 e. The maximum atomic E-state index is 4.91. The van der Waals surface area contributed by atoms with Crippen molar-refractivity contribution in [3.8, 4) is 50.2 Å². The van der Waals surface area contributed by atoms with Crippen molar-refractivity contribution in [1.29, 1.82) is 0 Å². The van der Waals surface area contributed by atoms with E-state index in [1.165, 1.54) is 43.8 Å². The molecule has 0 bridgehead atoms. The first-order valence-electron chi connectivity index (χ1n) is 17.2. The summed E-state index contributed by atoms with van der Waals surface area (Å²) < 4.78 is 0. The van der Waals surface area contributed by atoms with Crippen LogP contribution in [-0.2, 0) is 0 Å². The van der Waals surface area contributed by atoms with Crippen molar-refractivity contribution in [2.24, 2.45) is 0 Å². The lowest BCUT2D eigenvalue weighted by Crippen LogP contribution is -1.98. The third kappa shape index (κ3) is 5.04. The molecule has 0 unspecified atom stereocenters. The van der Waals surface area contributed by atoms with Gasteiger partial charge in [-0.15, -0.1) is 10.2 Å². The Morgan fingerprint density at radius 2 is 0.902 bits per heavy atom. The average Bonchev–Trinajstić information content (AvgIpc) is 3.64. The lowest BCUT2D eigenvalue weighted by atomic mass is 9.85. The Kier molecular flexibility index (Phi) is 6.78. The van der Waals surface area contributed by atoms with Crippen LogP contribution < -0.4 is 0 Å². The molecule has 0 N–H and O–H groups in total. The summed E-state index contributed by atoms with van der Waals surface area (Å²) in [6, 6.07) is 62.2. The van der Waals surface area contributed by atoms with Gasteiger partial charge in [-0.3, -0.25) is 4.98 Å². The molecule has 4 heteroatoms. The Balaban J connectivity index is 1.02. The maximum Gasteiger partial charge on any atom is 0.114 e. The van der Waals surface area contributed by atoms with E-state index in [2.05, 4.69) is 163 Å². The summed E-state index contributed by atoms with van der Waals surface area (Å²) in [5, 5.41) is 15.8. The monoisotopic (exact) mass is 650 g/mol. The van der Waals surface area contributed by atoms with Crippen LogP contribution in [0.4, 0.5) is 0 Å². The van der Waals surface area contributed by atoms with E-state index in [0.717, 1.165) is 49.9 Å². The van der Waals surface area contributed by atoms with Gasteiger partial charge in [0.15, 0.2) is 0 Å². The fourth-order valence-corrected chi connectivity index (χ4v) is 7.44. The molecule has 2 heterocycles. The molecule has 0 spiro atoms. The van der Waals surface area contributed by atoms with Gasteiger partial charge in [0.05, 0.1) is 11.2 Å². The fraction of sp³-hybridized carbons (Fsp3) is 0. The van der Waals surface area contributed by atoms with Crippen molar-refractivity contribution in [2.45, 2.75) is 0 Å². The first-order valence-corrected chi connectivity index (χ1v) is 17.2. The molecule has 0 aliphatic carbocycles. The molecule has 0 saturated heterocycles. The number of pyridine rings is 1. The smallest absolute Gasteiger partial charge is 0.114 e. The van der Waals surface area contributed by atoms with Gasteiger partial charge in [0, 0.05) is 17.1 Å². The van der Waals surface area contributed by atoms with Crippen molar-refractivity contribution < 1.29 is 0 Å². The summed E-state index contributed by atoms with van der Waals surface area (Å²) in [6.07, 6.45) is 1.93. The molecule has 0 fully saturated rings. The molecule has 0 amide bonds. The van der Waals surface area contributed by atoms with Gasteiger partial charge in [-0.2, -0.15) is 4.80 Å². The van der Waals surface area contributed by atoms with Crippen LogP contribution >= 0.6 is 0 Å². The van der Waals surface area contributed by atoms with Crippen LogP contribution in [0.1, 0.15) is 0 Å². The molecule has 10 aromatic rings. The second kappa shape index (κ2) is 11.9. The molecule has 2 aromatic heterocycles. The van der Waals surface area contributed by atoms with Crippen LogP contribution in [0.15, 0.2) is 182 Å². The van der Waals surface area contributed by atoms with Gasteiger partial charge in [0.1, 0.15) is 11.0 Å². The van der Waals surface area contributed by atoms with E-state index in [1.807, 2.05) is 24.4 Å². The van der Waals surface area contributed by atoms with E-state index < -0.39 is 0 Å². The average molecular weight is 651 g/mol. The maximum absolute atomic E-state index is 4.91. The summed E-state index contributed by atoms with van der Waals surface area (Å²) in [7, 11) is 0. The Morgan fingerprint density at radius 3 is 1.65 bits per heavy atom. The van der Waals surface area contributed by atoms with E-state index in [1.54, 1.807) is 4.80 Å². The van der Waals surface area contributed by atoms with Gasteiger partial charge in [-0.1, -0.05) is 133 Å². The number of para-hydroxylation sites is 1. The molecule has 10 rings (SSSR count). The summed E-state index contributed by atoms with van der Waals surface area (Å²) in [4.78, 5) is 6.36. The van der Waals surface area contributed by atoms with Gasteiger partial charge >= 0.3 is 0 Å². The van der Waals surface area contributed by atoms with Crippen LogP contribution in [0, 0.1) is 0 Å². The number of aromatic nitrogens is 4. The second-order valence-corrected chi connectivity index (χ2v) is 12.9. The number of hydrogen-bond donors (Lipinski definition) is 0. The molecule has 4 nitrogen and oxygen atoms in total. The van der Waals surface area contributed by atoms with Crippen molar-refractivity contribution in [3.63, 3.8) is 0 Å². The third-order valence-electron chi connectivity index (χ3n) is 9.88. The van der Waals surface area contributed by atoms with Crippen molar-refractivity contribution in [1.82, 2.24) is 20.0 Å². The van der Waals surface area contributed by atoms with Crippen LogP contribution in [-0.4, -0.2) is 20.0 Å². The van der Waals surface area contributed by atoms with Gasteiger partial charge in [0.2, 0.25) is 0 Å². The highest BCUT2D eigenvalue weighted by Gasteiger charge is 2.17. The van der Waals surface area contributed by atoms with E-state index in [0.29, 0.717) is 0 Å². The van der Waals surface area contributed by atoms with E-state index in [4.69, 9.17) is 10.2 Å². The van der Waals surface area contributed by atoms with E-state index in [9.17, 15) is 0 Å². The standard InChI is InChI=1S/C47H30N4/c1-2-11-32(12-3-1)46-39-16-5-7-18-41(39)47(42-19-8-6-17-40(42)46)36-15-10-14-33(27-36)34-23-26-44-45(29-34)50-51(49-44)38-24-21-31(22-25-38)37-28-35-13-4-9-20-43(35)48-30-37/h1-30H. The molecular weight excluding hydrogens is 621 g/mol. The minimum absolute atomic E-state index is 0.851. The lowest BCUT2D eigenvalue weighted by Gasteiger charge is -2.18. The first kappa shape index (κ1) is 29.0. The second-order valence-electron chi connectivity index (χ2n) is 12.9. The molecule has 51 heavy (non-hydrogen) atoms. The molecule has 8 aromatic carbocycles. The number of fused-ring (bicyclic) bond motifs is 4. The van der Waals surface area contributed by atoms with Crippen LogP contribution in [0.3, 0.4) is 0 Å². The quantitative estimate of drug-likeness (QED) is 0.174. The minimum atomic E-state index is 0.851. The molecule has 0 atom stereocenters. The number of nitrogens with zero attached hydrogens (tertiary/aromatic N) is 4. The first-order chi connectivity index (χ1) is 25.3. The van der Waals surface area contributed by atoms with E-state index in [-0.39, 0.29) is 0 Å².